The number of hydrogen-bond acceptors (Lipinski definition) is 6. The van der Waals surface area contributed by atoms with Crippen molar-refractivity contribution in [2.75, 3.05) is 11.5 Å². The Labute approximate surface area is 233 Å². The molecule has 1 heterocycles. The number of carbonyl (C=O) groups is 4. The number of carboxylic acids is 1. The van der Waals surface area contributed by atoms with Crippen molar-refractivity contribution < 1.29 is 33.8 Å². The summed E-state index contributed by atoms with van der Waals surface area (Å²) in [5.74, 6) is -1.79. The topological polar surface area (TPSA) is 122 Å². The number of anilines is 1. The van der Waals surface area contributed by atoms with Crippen LogP contribution in [-0.2, 0) is 16.2 Å². The van der Waals surface area contributed by atoms with Crippen LogP contribution < -0.4 is 19.7 Å². The Morgan fingerprint density at radius 2 is 1.67 bits per heavy atom. The number of aryl methyl sites for hydroxylation is 2. The minimum Gasteiger partial charge on any atom is -0.490 e. The molecule has 2 N–H and O–H groups in total. The van der Waals surface area contributed by atoms with Crippen LogP contribution >= 0.6 is 15.9 Å². The Hall–Kier alpha value is -4.44. The number of hydrogen-bond donors (Lipinski definition) is 2. The largest absolute Gasteiger partial charge is 0.490 e. The molecule has 1 aliphatic heterocycles. The Bertz CT molecular complexity index is 1490. The first-order valence-electron chi connectivity index (χ1n) is 12.0. The third kappa shape index (κ3) is 6.18. The van der Waals surface area contributed by atoms with Gasteiger partial charge in [0.1, 0.15) is 12.2 Å². The number of barbiturate groups is 1. The highest BCUT2D eigenvalue weighted by Gasteiger charge is 2.37. The maximum absolute atomic E-state index is 13.3. The van der Waals surface area contributed by atoms with Gasteiger partial charge in [0, 0.05) is 0 Å². The third-order valence-corrected chi connectivity index (χ3v) is 6.38. The van der Waals surface area contributed by atoms with E-state index in [1.807, 2.05) is 19.9 Å². The van der Waals surface area contributed by atoms with E-state index >= 15 is 0 Å². The first kappa shape index (κ1) is 27.6. The molecule has 0 atom stereocenters. The lowest BCUT2D eigenvalue weighted by Gasteiger charge is -2.27. The summed E-state index contributed by atoms with van der Waals surface area (Å²) in [4.78, 5) is 50.6. The van der Waals surface area contributed by atoms with E-state index in [0.717, 1.165) is 21.6 Å². The van der Waals surface area contributed by atoms with Crippen molar-refractivity contribution in [3.05, 3.63) is 92.5 Å². The van der Waals surface area contributed by atoms with Crippen LogP contribution in [0.25, 0.3) is 6.08 Å². The molecule has 0 unspecified atom stereocenters. The molecule has 3 aromatic carbocycles. The highest BCUT2D eigenvalue weighted by molar-refractivity contribution is 9.10. The molecule has 39 heavy (non-hydrogen) atoms. The average Bonchev–Trinajstić information content (AvgIpc) is 2.86. The number of benzene rings is 3. The normalized spacial score (nSPS) is 14.4. The fourth-order valence-electron chi connectivity index (χ4n) is 4.11. The highest BCUT2D eigenvalue weighted by atomic mass is 79.9. The summed E-state index contributed by atoms with van der Waals surface area (Å²) in [6.45, 7) is 5.98. The quantitative estimate of drug-likeness (QED) is 0.265. The number of carboxylic acid groups (broad SMARTS) is 1. The van der Waals surface area contributed by atoms with E-state index in [9.17, 15) is 19.2 Å². The zero-order valence-electron chi connectivity index (χ0n) is 21.4. The van der Waals surface area contributed by atoms with Gasteiger partial charge in [-0.15, -0.1) is 0 Å². The van der Waals surface area contributed by atoms with E-state index < -0.39 is 23.8 Å². The lowest BCUT2D eigenvalue weighted by molar-refractivity contribution is -0.122. The van der Waals surface area contributed by atoms with Gasteiger partial charge in [0.2, 0.25) is 0 Å². The predicted octanol–water partition coefficient (Wildman–Crippen LogP) is 5.41. The number of aromatic carboxylic acids is 1. The molecule has 1 saturated heterocycles. The fourth-order valence-corrected chi connectivity index (χ4v) is 4.69. The van der Waals surface area contributed by atoms with Gasteiger partial charge in [-0.25, -0.2) is 14.5 Å². The molecular formula is C29H25BrN2O7. The van der Waals surface area contributed by atoms with Gasteiger partial charge in [-0.3, -0.25) is 14.9 Å². The number of ether oxygens (including phenoxy) is 2. The van der Waals surface area contributed by atoms with Crippen LogP contribution in [0.3, 0.4) is 0 Å². The Morgan fingerprint density at radius 3 is 2.28 bits per heavy atom. The second-order valence-electron chi connectivity index (χ2n) is 8.86. The summed E-state index contributed by atoms with van der Waals surface area (Å²) < 4.78 is 12.2. The van der Waals surface area contributed by atoms with Gasteiger partial charge in [0.05, 0.1) is 22.3 Å². The van der Waals surface area contributed by atoms with E-state index in [0.29, 0.717) is 33.8 Å². The van der Waals surface area contributed by atoms with Crippen molar-refractivity contribution in [3.63, 3.8) is 0 Å². The summed E-state index contributed by atoms with van der Waals surface area (Å²) >= 11 is 3.48. The Morgan fingerprint density at radius 1 is 1.00 bits per heavy atom. The van der Waals surface area contributed by atoms with Crippen molar-refractivity contribution in [2.45, 2.75) is 27.4 Å². The van der Waals surface area contributed by atoms with Crippen LogP contribution in [0.1, 0.15) is 39.5 Å². The molecule has 200 valence electrons. The molecule has 3 aromatic rings. The van der Waals surface area contributed by atoms with Crippen molar-refractivity contribution in [1.82, 2.24) is 5.32 Å². The first-order chi connectivity index (χ1) is 18.6. The van der Waals surface area contributed by atoms with E-state index in [1.54, 1.807) is 43.3 Å². The number of amides is 4. The number of rotatable bonds is 8. The second kappa shape index (κ2) is 11.5. The Balaban J connectivity index is 1.64. The molecule has 4 amide bonds. The van der Waals surface area contributed by atoms with Gasteiger partial charge in [-0.2, -0.15) is 0 Å². The van der Waals surface area contributed by atoms with Gasteiger partial charge in [-0.1, -0.05) is 18.2 Å². The molecule has 1 fully saturated rings. The van der Waals surface area contributed by atoms with E-state index in [4.69, 9.17) is 14.6 Å². The zero-order chi connectivity index (χ0) is 28.3. The maximum atomic E-state index is 13.3. The van der Waals surface area contributed by atoms with Gasteiger partial charge in [0.15, 0.2) is 11.5 Å². The number of urea groups is 1. The van der Waals surface area contributed by atoms with Crippen LogP contribution in [0.4, 0.5) is 10.5 Å². The standard InChI is InChI=1S/C29H25BrN2O7/c1-4-38-24-14-19(13-23(30)25(24)39-15-18-5-7-20(8-6-18)28(35)36)12-22-26(33)31-29(37)32(27(22)34)21-10-16(2)9-17(3)11-21/h5-14H,4,15H2,1-3H3,(H,35,36)(H,31,33,37)/b22-12+. The van der Waals surface area contributed by atoms with Crippen LogP contribution in [0, 0.1) is 13.8 Å². The molecular weight excluding hydrogens is 568 g/mol. The van der Waals surface area contributed by atoms with E-state index in [2.05, 4.69) is 21.2 Å². The van der Waals surface area contributed by atoms with Crippen LogP contribution in [0.15, 0.2) is 64.6 Å². The number of imide groups is 2. The van der Waals surface area contributed by atoms with Gasteiger partial charge >= 0.3 is 12.0 Å². The second-order valence-corrected chi connectivity index (χ2v) is 9.71. The molecule has 0 aromatic heterocycles. The summed E-state index contributed by atoms with van der Waals surface area (Å²) in [5.41, 5.74) is 3.28. The minimum absolute atomic E-state index is 0.146. The fraction of sp³-hybridized carbons (Fsp3) is 0.172. The van der Waals surface area contributed by atoms with Crippen molar-refractivity contribution >= 4 is 51.5 Å². The molecule has 0 radical (unpaired) electrons. The zero-order valence-corrected chi connectivity index (χ0v) is 23.0. The third-order valence-electron chi connectivity index (χ3n) is 5.79. The van der Waals surface area contributed by atoms with Crippen LogP contribution in [0.2, 0.25) is 0 Å². The van der Waals surface area contributed by atoms with Crippen molar-refractivity contribution in [2.24, 2.45) is 0 Å². The molecule has 0 aliphatic carbocycles. The average molecular weight is 593 g/mol. The lowest BCUT2D eigenvalue weighted by atomic mass is 10.0. The summed E-state index contributed by atoms with van der Waals surface area (Å²) in [6, 6.07) is 14.1. The van der Waals surface area contributed by atoms with Gasteiger partial charge in [-0.05, 0) is 101 Å². The SMILES string of the molecule is CCOc1cc(/C=C2\C(=O)NC(=O)N(c3cc(C)cc(C)c3)C2=O)cc(Br)c1OCc1ccc(C(=O)O)cc1. The molecule has 10 heteroatoms. The van der Waals surface area contributed by atoms with Crippen LogP contribution in [0.5, 0.6) is 11.5 Å². The molecule has 1 aliphatic rings. The maximum Gasteiger partial charge on any atom is 0.335 e. The summed E-state index contributed by atoms with van der Waals surface area (Å²) in [7, 11) is 0. The molecule has 4 rings (SSSR count). The smallest absolute Gasteiger partial charge is 0.335 e. The van der Waals surface area contributed by atoms with Crippen LogP contribution in [-0.4, -0.2) is 35.5 Å². The highest BCUT2D eigenvalue weighted by Crippen LogP contribution is 2.38. The van der Waals surface area contributed by atoms with Crippen molar-refractivity contribution in [3.8, 4) is 11.5 Å². The lowest BCUT2D eigenvalue weighted by Crippen LogP contribution is -2.54. The summed E-state index contributed by atoms with van der Waals surface area (Å²) in [5, 5.41) is 11.3. The first-order valence-corrected chi connectivity index (χ1v) is 12.8. The number of halogens is 1. The molecule has 0 spiro atoms. The minimum atomic E-state index is -1.01. The number of nitrogens with one attached hydrogen (secondary N) is 1. The molecule has 9 nitrogen and oxygen atoms in total. The van der Waals surface area contributed by atoms with E-state index in [1.165, 1.54) is 18.2 Å². The van der Waals surface area contributed by atoms with Gasteiger partial charge in [0.25, 0.3) is 11.8 Å². The number of carbonyl (C=O) groups excluding carboxylic acids is 3. The molecule has 0 bridgehead atoms. The summed E-state index contributed by atoms with van der Waals surface area (Å²) in [6.07, 6.45) is 1.39. The van der Waals surface area contributed by atoms with Gasteiger partial charge < -0.3 is 14.6 Å². The monoisotopic (exact) mass is 592 g/mol. The Kier molecular flexibility index (Phi) is 8.15. The molecule has 0 saturated carbocycles. The van der Waals surface area contributed by atoms with E-state index in [-0.39, 0.29) is 17.7 Å². The predicted molar refractivity (Wildman–Crippen MR) is 148 cm³/mol. The van der Waals surface area contributed by atoms with Crippen molar-refractivity contribution in [1.29, 1.82) is 0 Å². The number of nitrogens with zero attached hydrogens (tertiary/aromatic N) is 1.